The Bertz CT molecular complexity index is 990. The number of benzene rings is 2. The van der Waals surface area contributed by atoms with Crippen molar-refractivity contribution in [2.24, 2.45) is 0 Å². The normalized spacial score (nSPS) is 12.5. The van der Waals surface area contributed by atoms with Crippen LogP contribution in [0.2, 0.25) is 0 Å². The monoisotopic (exact) mass is 374 g/mol. The number of carbonyl (C=O) groups excluding carboxylic acids is 1. The number of esters is 1. The number of aromatic hydroxyl groups is 2. The first-order valence-electron chi connectivity index (χ1n) is 8.02. The van der Waals surface area contributed by atoms with Crippen molar-refractivity contribution in [2.45, 2.75) is 27.4 Å². The fourth-order valence-electron chi connectivity index (χ4n) is 3.11. The largest absolute Gasteiger partial charge is 0.507 e. The number of carbonyl (C=O) groups is 2. The van der Waals surface area contributed by atoms with Crippen molar-refractivity contribution >= 4 is 11.9 Å². The molecule has 0 unspecified atom stereocenters. The molecular formula is C19H18O8. The lowest BCUT2D eigenvalue weighted by Gasteiger charge is -2.17. The van der Waals surface area contributed by atoms with Crippen molar-refractivity contribution < 1.29 is 39.1 Å². The van der Waals surface area contributed by atoms with Crippen molar-refractivity contribution in [3.63, 3.8) is 0 Å². The van der Waals surface area contributed by atoms with Crippen LogP contribution in [0.3, 0.4) is 0 Å². The van der Waals surface area contributed by atoms with E-state index in [9.17, 15) is 24.9 Å². The standard InChI is InChI=1S/C19H18O8/c1-7-5-11(20)10(6-25-4)16-12(7)19(24)27-15-9(3)8(2)13(18(22)23)14(21)17(15)26-16/h5,20-21H,6H2,1-4H3,(H,22,23). The lowest BCUT2D eigenvalue weighted by atomic mass is 10.00. The first-order valence-corrected chi connectivity index (χ1v) is 8.02. The van der Waals surface area contributed by atoms with Gasteiger partial charge in [0.25, 0.3) is 0 Å². The van der Waals surface area contributed by atoms with E-state index in [0.29, 0.717) is 11.1 Å². The molecular weight excluding hydrogens is 356 g/mol. The third-order valence-electron chi connectivity index (χ3n) is 4.60. The molecule has 0 aromatic heterocycles. The number of carboxylic acids is 1. The molecule has 3 N–H and O–H groups in total. The Balaban J connectivity index is 2.38. The van der Waals surface area contributed by atoms with Gasteiger partial charge in [0.2, 0.25) is 5.75 Å². The number of ether oxygens (including phenoxy) is 3. The van der Waals surface area contributed by atoms with E-state index < -0.39 is 17.7 Å². The lowest BCUT2D eigenvalue weighted by Crippen LogP contribution is -2.11. The molecule has 0 saturated heterocycles. The molecule has 0 saturated carbocycles. The van der Waals surface area contributed by atoms with E-state index in [2.05, 4.69) is 0 Å². The van der Waals surface area contributed by atoms with Gasteiger partial charge in [-0.1, -0.05) is 0 Å². The molecule has 8 heteroatoms. The molecule has 2 aromatic carbocycles. The molecule has 1 aliphatic rings. The number of hydrogen-bond donors (Lipinski definition) is 3. The molecule has 1 heterocycles. The second kappa shape index (κ2) is 6.48. The number of aromatic carboxylic acids is 1. The fourth-order valence-corrected chi connectivity index (χ4v) is 3.11. The molecule has 0 aliphatic carbocycles. The van der Waals surface area contributed by atoms with Gasteiger partial charge < -0.3 is 29.5 Å². The number of aryl methyl sites for hydroxylation is 1. The summed E-state index contributed by atoms with van der Waals surface area (Å²) >= 11 is 0. The highest BCUT2D eigenvalue weighted by Crippen LogP contribution is 2.51. The van der Waals surface area contributed by atoms with E-state index in [1.807, 2.05) is 0 Å². The van der Waals surface area contributed by atoms with E-state index in [4.69, 9.17) is 14.2 Å². The van der Waals surface area contributed by atoms with Gasteiger partial charge in [-0.2, -0.15) is 0 Å². The maximum absolute atomic E-state index is 12.7. The number of methoxy groups -OCH3 is 1. The molecule has 0 spiro atoms. The van der Waals surface area contributed by atoms with Gasteiger partial charge in [0, 0.05) is 7.11 Å². The Morgan fingerprint density at radius 2 is 1.74 bits per heavy atom. The number of hydrogen-bond acceptors (Lipinski definition) is 7. The van der Waals surface area contributed by atoms with Crippen LogP contribution < -0.4 is 9.47 Å². The Morgan fingerprint density at radius 1 is 1.07 bits per heavy atom. The highest BCUT2D eigenvalue weighted by Gasteiger charge is 2.34. The third kappa shape index (κ3) is 2.74. The number of phenolic OH excluding ortho intramolecular Hbond substituents is 1. The number of phenols is 2. The van der Waals surface area contributed by atoms with Crippen LogP contribution in [0.4, 0.5) is 0 Å². The predicted octanol–water partition coefficient (Wildman–Crippen LogP) is 3.19. The zero-order valence-electron chi connectivity index (χ0n) is 15.2. The molecule has 0 atom stereocenters. The zero-order chi connectivity index (χ0) is 20.0. The third-order valence-corrected chi connectivity index (χ3v) is 4.60. The van der Waals surface area contributed by atoms with E-state index in [-0.39, 0.29) is 51.9 Å². The van der Waals surface area contributed by atoms with Crippen molar-refractivity contribution in [2.75, 3.05) is 7.11 Å². The van der Waals surface area contributed by atoms with Gasteiger partial charge in [0.1, 0.15) is 16.9 Å². The van der Waals surface area contributed by atoms with E-state index in [1.54, 1.807) is 13.8 Å². The summed E-state index contributed by atoms with van der Waals surface area (Å²) in [4.78, 5) is 24.3. The molecule has 142 valence electrons. The van der Waals surface area contributed by atoms with Gasteiger partial charge in [-0.3, -0.25) is 0 Å². The molecule has 8 nitrogen and oxygen atoms in total. The van der Waals surface area contributed by atoms with Crippen LogP contribution >= 0.6 is 0 Å². The summed E-state index contributed by atoms with van der Waals surface area (Å²) in [5.41, 5.74) is 0.875. The second-order valence-electron chi connectivity index (χ2n) is 6.26. The van der Waals surface area contributed by atoms with Gasteiger partial charge >= 0.3 is 11.9 Å². The molecule has 0 radical (unpaired) electrons. The summed E-state index contributed by atoms with van der Waals surface area (Å²) in [5.74, 6) is -3.34. The van der Waals surface area contributed by atoms with Crippen LogP contribution in [0.25, 0.3) is 0 Å². The summed E-state index contributed by atoms with van der Waals surface area (Å²) in [6.07, 6.45) is 0. The Kier molecular flexibility index (Phi) is 4.44. The highest BCUT2D eigenvalue weighted by molar-refractivity contribution is 6.00. The van der Waals surface area contributed by atoms with Crippen molar-refractivity contribution in [3.8, 4) is 28.7 Å². The van der Waals surface area contributed by atoms with Gasteiger partial charge in [-0.25, -0.2) is 9.59 Å². The molecule has 27 heavy (non-hydrogen) atoms. The minimum Gasteiger partial charge on any atom is -0.507 e. The summed E-state index contributed by atoms with van der Waals surface area (Å²) in [7, 11) is 1.40. The molecule has 3 rings (SSSR count). The summed E-state index contributed by atoms with van der Waals surface area (Å²) in [5, 5.41) is 30.2. The first-order chi connectivity index (χ1) is 12.7. The number of rotatable bonds is 3. The van der Waals surface area contributed by atoms with Crippen LogP contribution in [-0.2, 0) is 11.3 Å². The van der Waals surface area contributed by atoms with Gasteiger partial charge in [0.05, 0.1) is 12.2 Å². The van der Waals surface area contributed by atoms with E-state index in [1.165, 1.54) is 20.1 Å². The average Bonchev–Trinajstić information content (AvgIpc) is 2.73. The molecule has 1 aliphatic heterocycles. The quantitative estimate of drug-likeness (QED) is 0.553. The maximum Gasteiger partial charge on any atom is 0.347 e. The van der Waals surface area contributed by atoms with Gasteiger partial charge in [0.15, 0.2) is 17.2 Å². The van der Waals surface area contributed by atoms with Crippen LogP contribution in [0.5, 0.6) is 28.7 Å². The SMILES string of the molecule is COCc1c(O)cc(C)c2c1Oc1c(O)c(C(=O)O)c(C)c(C)c1OC2=O. The lowest BCUT2D eigenvalue weighted by molar-refractivity contribution is 0.0691. The van der Waals surface area contributed by atoms with Crippen LogP contribution in [0.1, 0.15) is 43.0 Å². The molecule has 0 bridgehead atoms. The number of carboxylic acid groups (broad SMARTS) is 1. The van der Waals surface area contributed by atoms with E-state index in [0.717, 1.165) is 0 Å². The summed E-state index contributed by atoms with van der Waals surface area (Å²) in [6, 6.07) is 1.38. The van der Waals surface area contributed by atoms with Crippen LogP contribution in [0, 0.1) is 20.8 Å². The van der Waals surface area contributed by atoms with Crippen molar-refractivity contribution in [3.05, 3.63) is 39.4 Å². The predicted molar refractivity (Wildman–Crippen MR) is 93.1 cm³/mol. The van der Waals surface area contributed by atoms with Crippen LogP contribution in [-0.4, -0.2) is 34.4 Å². The fraction of sp³-hybridized carbons (Fsp3) is 0.263. The second-order valence-corrected chi connectivity index (χ2v) is 6.26. The Hall–Kier alpha value is -3.26. The van der Waals surface area contributed by atoms with Crippen molar-refractivity contribution in [1.29, 1.82) is 0 Å². The van der Waals surface area contributed by atoms with Crippen molar-refractivity contribution in [1.82, 2.24) is 0 Å². The minimum absolute atomic E-state index is 0.0482. The van der Waals surface area contributed by atoms with E-state index >= 15 is 0 Å². The summed E-state index contributed by atoms with van der Waals surface area (Å²) in [6.45, 7) is 4.58. The maximum atomic E-state index is 12.7. The van der Waals surface area contributed by atoms with Gasteiger partial charge in [-0.15, -0.1) is 0 Å². The van der Waals surface area contributed by atoms with Gasteiger partial charge in [-0.05, 0) is 43.5 Å². The molecule has 2 aromatic rings. The Morgan fingerprint density at radius 3 is 2.33 bits per heavy atom. The highest BCUT2D eigenvalue weighted by atomic mass is 16.6. The average molecular weight is 374 g/mol. The smallest absolute Gasteiger partial charge is 0.347 e. The molecule has 0 amide bonds. The summed E-state index contributed by atoms with van der Waals surface area (Å²) < 4.78 is 16.3. The first kappa shape index (κ1) is 18.5. The topological polar surface area (TPSA) is 123 Å². The molecule has 0 fully saturated rings. The number of fused-ring (bicyclic) bond motifs is 2. The van der Waals surface area contributed by atoms with Crippen LogP contribution in [0.15, 0.2) is 6.07 Å². The minimum atomic E-state index is -1.35. The zero-order valence-corrected chi connectivity index (χ0v) is 15.2. The Labute approximate surface area is 154 Å².